The van der Waals surface area contributed by atoms with E-state index in [4.69, 9.17) is 10.2 Å². The van der Waals surface area contributed by atoms with Crippen molar-refractivity contribution in [3.05, 3.63) is 0 Å². The van der Waals surface area contributed by atoms with Crippen LogP contribution >= 0.6 is 0 Å². The highest BCUT2D eigenvalue weighted by Gasteiger charge is 2.23. The molecule has 1 heterocycles. The van der Waals surface area contributed by atoms with Crippen molar-refractivity contribution in [3.63, 3.8) is 0 Å². The number of hydrogen-bond donors (Lipinski definition) is 4. The van der Waals surface area contributed by atoms with E-state index in [-0.39, 0.29) is 19.1 Å². The van der Waals surface area contributed by atoms with Crippen molar-refractivity contribution in [2.75, 3.05) is 18.1 Å². The number of carbonyl (C=O) groups is 2. The number of aliphatic hydroxyl groups excluding tert-OH is 1. The maximum absolute atomic E-state index is 11.5. The second-order valence-corrected chi connectivity index (χ2v) is 5.84. The number of carboxylic acid groups (broad SMARTS) is 1. The van der Waals surface area contributed by atoms with E-state index in [2.05, 4.69) is 10.6 Å². The molecule has 18 heavy (non-hydrogen) atoms. The Balaban J connectivity index is 2.35. The summed E-state index contributed by atoms with van der Waals surface area (Å²) in [7, 11) is -0.796. The van der Waals surface area contributed by atoms with Crippen molar-refractivity contribution in [1.29, 1.82) is 0 Å². The predicted molar refractivity (Wildman–Crippen MR) is 65.7 cm³/mol. The Labute approximate surface area is 107 Å². The van der Waals surface area contributed by atoms with E-state index in [9.17, 15) is 13.8 Å². The third-order valence-corrected chi connectivity index (χ3v) is 4.13. The van der Waals surface area contributed by atoms with E-state index >= 15 is 0 Å². The SMILES string of the molecule is O=C(NC1CCS(=O)CC1)NC(CCO)C(=O)O. The van der Waals surface area contributed by atoms with Gasteiger partial charge in [0.2, 0.25) is 0 Å². The van der Waals surface area contributed by atoms with E-state index in [0.717, 1.165) is 0 Å². The van der Waals surface area contributed by atoms with Crippen LogP contribution < -0.4 is 10.6 Å². The summed E-state index contributed by atoms with van der Waals surface area (Å²) in [5, 5.41) is 22.4. The molecule has 8 heteroatoms. The first-order valence-corrected chi connectivity index (χ1v) is 7.27. The maximum Gasteiger partial charge on any atom is 0.326 e. The number of carbonyl (C=O) groups excluding carboxylic acids is 1. The average Bonchev–Trinajstić information content (AvgIpc) is 2.31. The zero-order chi connectivity index (χ0) is 13.5. The first-order valence-electron chi connectivity index (χ1n) is 5.78. The molecular formula is C10H18N2O5S. The van der Waals surface area contributed by atoms with Crippen LogP contribution in [0.2, 0.25) is 0 Å². The molecule has 1 saturated heterocycles. The van der Waals surface area contributed by atoms with Crippen molar-refractivity contribution in [2.45, 2.75) is 31.3 Å². The van der Waals surface area contributed by atoms with Gasteiger partial charge >= 0.3 is 12.0 Å². The molecule has 0 aromatic carbocycles. The van der Waals surface area contributed by atoms with Gasteiger partial charge in [0.25, 0.3) is 0 Å². The van der Waals surface area contributed by atoms with Crippen molar-refractivity contribution >= 4 is 22.8 Å². The third-order valence-electron chi connectivity index (χ3n) is 2.74. The van der Waals surface area contributed by atoms with Gasteiger partial charge in [-0.15, -0.1) is 0 Å². The van der Waals surface area contributed by atoms with Crippen LogP contribution in [0.15, 0.2) is 0 Å². The number of urea groups is 1. The second kappa shape index (κ2) is 7.32. The summed E-state index contributed by atoms with van der Waals surface area (Å²) >= 11 is 0. The van der Waals surface area contributed by atoms with Gasteiger partial charge in [0.05, 0.1) is 0 Å². The smallest absolute Gasteiger partial charge is 0.326 e. The number of carboxylic acids is 1. The number of nitrogens with one attached hydrogen (secondary N) is 2. The molecule has 4 N–H and O–H groups in total. The molecule has 0 bridgehead atoms. The number of amides is 2. The lowest BCUT2D eigenvalue weighted by Gasteiger charge is -2.23. The van der Waals surface area contributed by atoms with Crippen LogP contribution in [0.5, 0.6) is 0 Å². The second-order valence-electron chi connectivity index (χ2n) is 4.14. The highest BCUT2D eigenvalue weighted by molar-refractivity contribution is 7.85. The molecule has 2 amide bonds. The van der Waals surface area contributed by atoms with Crippen LogP contribution in [0.3, 0.4) is 0 Å². The Hall–Kier alpha value is -1.15. The molecule has 1 fully saturated rings. The Morgan fingerprint density at radius 2 is 1.94 bits per heavy atom. The fourth-order valence-corrected chi connectivity index (χ4v) is 3.01. The summed E-state index contributed by atoms with van der Waals surface area (Å²) in [6.07, 6.45) is 1.24. The molecule has 1 rings (SSSR count). The number of hydrogen-bond acceptors (Lipinski definition) is 4. The quantitative estimate of drug-likeness (QED) is 0.516. The van der Waals surface area contributed by atoms with Gasteiger partial charge in [-0.2, -0.15) is 0 Å². The molecule has 0 aromatic rings. The maximum atomic E-state index is 11.5. The molecule has 0 radical (unpaired) electrons. The standard InChI is InChI=1S/C10H18N2O5S/c13-4-1-8(9(14)15)12-10(16)11-7-2-5-18(17)6-3-7/h7-8,13H,1-6H2,(H,14,15)(H2,11,12,16). The van der Waals surface area contributed by atoms with E-state index < -0.39 is 28.8 Å². The minimum Gasteiger partial charge on any atom is -0.480 e. The molecule has 1 atom stereocenters. The summed E-state index contributed by atoms with van der Waals surface area (Å²) in [5.74, 6) is -0.0580. The lowest BCUT2D eigenvalue weighted by molar-refractivity contribution is -0.139. The van der Waals surface area contributed by atoms with Crippen molar-refractivity contribution in [2.24, 2.45) is 0 Å². The Kier molecular flexibility index (Phi) is 6.06. The largest absolute Gasteiger partial charge is 0.480 e. The minimum absolute atomic E-state index is 0.0303. The zero-order valence-electron chi connectivity index (χ0n) is 9.92. The molecule has 0 spiro atoms. The van der Waals surface area contributed by atoms with Gasteiger partial charge in [-0.3, -0.25) is 4.21 Å². The zero-order valence-corrected chi connectivity index (χ0v) is 10.7. The Bertz CT molecular complexity index is 326. The van der Waals surface area contributed by atoms with Crippen LogP contribution in [-0.2, 0) is 15.6 Å². The molecule has 1 aliphatic heterocycles. The highest BCUT2D eigenvalue weighted by Crippen LogP contribution is 2.08. The average molecular weight is 278 g/mol. The number of aliphatic hydroxyl groups is 1. The summed E-state index contributed by atoms with van der Waals surface area (Å²) in [6.45, 7) is -0.306. The van der Waals surface area contributed by atoms with Gasteiger partial charge < -0.3 is 20.8 Å². The molecule has 1 aliphatic rings. The van der Waals surface area contributed by atoms with Crippen LogP contribution in [0.1, 0.15) is 19.3 Å². The van der Waals surface area contributed by atoms with E-state index in [1.807, 2.05) is 0 Å². The number of aliphatic carboxylic acids is 1. The molecule has 1 unspecified atom stereocenters. The van der Waals surface area contributed by atoms with Gasteiger partial charge in [0, 0.05) is 41.4 Å². The first kappa shape index (κ1) is 14.9. The third kappa shape index (κ3) is 5.01. The topological polar surface area (TPSA) is 116 Å². The molecule has 7 nitrogen and oxygen atoms in total. The van der Waals surface area contributed by atoms with E-state index in [0.29, 0.717) is 24.3 Å². The molecule has 0 aromatic heterocycles. The fourth-order valence-electron chi connectivity index (χ4n) is 1.71. The molecule has 104 valence electrons. The first-order chi connectivity index (χ1) is 8.52. The summed E-state index contributed by atoms with van der Waals surface area (Å²) in [5.41, 5.74) is 0. The highest BCUT2D eigenvalue weighted by atomic mass is 32.2. The fraction of sp³-hybridized carbons (Fsp3) is 0.800. The van der Waals surface area contributed by atoms with Gasteiger partial charge in [-0.05, 0) is 12.8 Å². The Morgan fingerprint density at radius 3 is 2.44 bits per heavy atom. The summed E-state index contributed by atoms with van der Waals surface area (Å²) < 4.78 is 11.1. The van der Waals surface area contributed by atoms with Crippen LogP contribution in [0.4, 0.5) is 4.79 Å². The van der Waals surface area contributed by atoms with Crippen LogP contribution in [0, 0.1) is 0 Å². The van der Waals surface area contributed by atoms with Crippen molar-refractivity contribution < 1.29 is 24.0 Å². The molecule has 0 aliphatic carbocycles. The monoisotopic (exact) mass is 278 g/mol. The normalized spacial score (nSPS) is 25.2. The van der Waals surface area contributed by atoms with Gasteiger partial charge in [0.1, 0.15) is 6.04 Å². The predicted octanol–water partition coefficient (Wildman–Crippen LogP) is -0.968. The molecular weight excluding hydrogens is 260 g/mol. The van der Waals surface area contributed by atoms with Gasteiger partial charge in [0.15, 0.2) is 0 Å². The molecule has 0 saturated carbocycles. The van der Waals surface area contributed by atoms with Crippen molar-refractivity contribution in [3.8, 4) is 0 Å². The van der Waals surface area contributed by atoms with Crippen molar-refractivity contribution in [1.82, 2.24) is 10.6 Å². The van der Waals surface area contributed by atoms with Gasteiger partial charge in [-0.25, -0.2) is 9.59 Å². The van der Waals surface area contributed by atoms with E-state index in [1.54, 1.807) is 0 Å². The minimum atomic E-state index is -1.18. The number of rotatable bonds is 5. The summed E-state index contributed by atoms with van der Waals surface area (Å²) in [6, 6.07) is -1.72. The lowest BCUT2D eigenvalue weighted by Crippen LogP contribution is -2.50. The summed E-state index contributed by atoms with van der Waals surface area (Å²) in [4.78, 5) is 22.3. The Morgan fingerprint density at radius 1 is 1.33 bits per heavy atom. The van der Waals surface area contributed by atoms with Crippen LogP contribution in [-0.4, -0.2) is 56.6 Å². The van der Waals surface area contributed by atoms with Crippen LogP contribution in [0.25, 0.3) is 0 Å². The van der Waals surface area contributed by atoms with E-state index in [1.165, 1.54) is 0 Å². The van der Waals surface area contributed by atoms with Gasteiger partial charge in [-0.1, -0.05) is 0 Å². The lowest BCUT2D eigenvalue weighted by atomic mass is 10.1.